The van der Waals surface area contributed by atoms with Crippen molar-refractivity contribution in [1.29, 1.82) is 0 Å². The van der Waals surface area contributed by atoms with Crippen LogP contribution >= 0.6 is 11.5 Å². The first-order valence-electron chi connectivity index (χ1n) is 6.62. The molecule has 0 atom stereocenters. The third-order valence-corrected chi connectivity index (χ3v) is 4.32. The van der Waals surface area contributed by atoms with E-state index in [2.05, 4.69) is 25.2 Å². The molecule has 1 aliphatic carbocycles. The summed E-state index contributed by atoms with van der Waals surface area (Å²) in [6.45, 7) is 4.62. The SMILES string of the molecule is c1snnc1CN1CCC(NCC2CC2)CC1. The first-order chi connectivity index (χ1) is 8.40. The van der Waals surface area contributed by atoms with Crippen LogP contribution in [-0.2, 0) is 6.54 Å². The predicted octanol–water partition coefficient (Wildman–Crippen LogP) is 1.50. The van der Waals surface area contributed by atoms with Crippen molar-refractivity contribution in [2.45, 2.75) is 38.3 Å². The molecular formula is C12H20N4S. The molecule has 2 fully saturated rings. The van der Waals surface area contributed by atoms with Gasteiger partial charge in [-0.05, 0) is 49.7 Å². The van der Waals surface area contributed by atoms with Gasteiger partial charge in [0.2, 0.25) is 0 Å². The van der Waals surface area contributed by atoms with E-state index in [9.17, 15) is 0 Å². The van der Waals surface area contributed by atoms with Gasteiger partial charge >= 0.3 is 0 Å². The highest BCUT2D eigenvalue weighted by molar-refractivity contribution is 7.03. The smallest absolute Gasteiger partial charge is 0.0895 e. The lowest BCUT2D eigenvalue weighted by Crippen LogP contribution is -2.42. The maximum absolute atomic E-state index is 4.11. The second-order valence-corrected chi connectivity index (χ2v) is 5.91. The Balaban J connectivity index is 1.37. The molecule has 1 aromatic rings. The van der Waals surface area contributed by atoms with E-state index in [1.807, 2.05) is 0 Å². The van der Waals surface area contributed by atoms with Gasteiger partial charge in [-0.1, -0.05) is 4.49 Å². The van der Waals surface area contributed by atoms with Crippen LogP contribution < -0.4 is 5.32 Å². The molecule has 1 saturated carbocycles. The Kier molecular flexibility index (Phi) is 3.68. The molecule has 0 spiro atoms. The average molecular weight is 252 g/mol. The Bertz CT molecular complexity index is 328. The van der Waals surface area contributed by atoms with Crippen molar-refractivity contribution in [3.8, 4) is 0 Å². The number of hydrogen-bond donors (Lipinski definition) is 1. The van der Waals surface area contributed by atoms with Crippen molar-refractivity contribution in [2.75, 3.05) is 19.6 Å². The van der Waals surface area contributed by atoms with E-state index >= 15 is 0 Å². The highest BCUT2D eigenvalue weighted by atomic mass is 32.1. The van der Waals surface area contributed by atoms with E-state index in [1.165, 1.54) is 56.9 Å². The van der Waals surface area contributed by atoms with Crippen molar-refractivity contribution < 1.29 is 0 Å². The zero-order chi connectivity index (χ0) is 11.5. The molecule has 1 saturated heterocycles. The van der Waals surface area contributed by atoms with Gasteiger partial charge in [0.05, 0.1) is 5.69 Å². The Labute approximate surface area is 107 Å². The summed E-state index contributed by atoms with van der Waals surface area (Å²) >= 11 is 1.45. The van der Waals surface area contributed by atoms with Crippen LogP contribution in [-0.4, -0.2) is 40.2 Å². The Morgan fingerprint density at radius 3 is 2.76 bits per heavy atom. The van der Waals surface area contributed by atoms with Gasteiger partial charge in [0.1, 0.15) is 0 Å². The fraction of sp³-hybridized carbons (Fsp3) is 0.833. The highest BCUT2D eigenvalue weighted by Crippen LogP contribution is 2.28. The third-order valence-electron chi connectivity index (χ3n) is 3.77. The molecule has 1 aliphatic heterocycles. The van der Waals surface area contributed by atoms with Crippen molar-refractivity contribution >= 4 is 11.5 Å². The summed E-state index contributed by atoms with van der Waals surface area (Å²) in [6, 6.07) is 0.750. The van der Waals surface area contributed by atoms with Crippen LogP contribution in [0.3, 0.4) is 0 Å². The first-order valence-corrected chi connectivity index (χ1v) is 7.45. The normalized spacial score (nSPS) is 23.1. The number of nitrogens with zero attached hydrogens (tertiary/aromatic N) is 3. The molecule has 3 rings (SSSR count). The van der Waals surface area contributed by atoms with Crippen LogP contribution in [0.4, 0.5) is 0 Å². The summed E-state index contributed by atoms with van der Waals surface area (Å²) in [4.78, 5) is 2.49. The number of hydrogen-bond acceptors (Lipinski definition) is 5. The molecule has 94 valence electrons. The summed E-state index contributed by atoms with van der Waals surface area (Å²) in [5, 5.41) is 9.87. The fourth-order valence-electron chi connectivity index (χ4n) is 2.43. The Morgan fingerprint density at radius 2 is 2.12 bits per heavy atom. The molecular weight excluding hydrogens is 232 g/mol. The first kappa shape index (κ1) is 11.6. The zero-order valence-corrected chi connectivity index (χ0v) is 11.0. The Hall–Kier alpha value is -0.520. The van der Waals surface area contributed by atoms with Gasteiger partial charge in [-0.3, -0.25) is 4.90 Å². The van der Waals surface area contributed by atoms with E-state index in [1.54, 1.807) is 0 Å². The molecule has 0 radical (unpaired) electrons. The molecule has 1 N–H and O–H groups in total. The monoisotopic (exact) mass is 252 g/mol. The molecule has 4 nitrogen and oxygen atoms in total. The summed E-state index contributed by atoms with van der Waals surface area (Å²) in [5.41, 5.74) is 1.12. The molecule has 0 aromatic carbocycles. The van der Waals surface area contributed by atoms with Crippen molar-refractivity contribution in [1.82, 2.24) is 19.8 Å². The summed E-state index contributed by atoms with van der Waals surface area (Å²) in [6.07, 6.45) is 5.46. The largest absolute Gasteiger partial charge is 0.314 e. The quantitative estimate of drug-likeness (QED) is 0.862. The maximum Gasteiger partial charge on any atom is 0.0895 e. The van der Waals surface area contributed by atoms with Gasteiger partial charge in [-0.15, -0.1) is 5.10 Å². The molecule has 0 bridgehead atoms. The van der Waals surface area contributed by atoms with Crippen LogP contribution in [0.5, 0.6) is 0 Å². The van der Waals surface area contributed by atoms with Gasteiger partial charge in [-0.25, -0.2) is 0 Å². The number of rotatable bonds is 5. The number of aromatic nitrogens is 2. The highest BCUT2D eigenvalue weighted by Gasteiger charge is 2.24. The van der Waals surface area contributed by atoms with Crippen LogP contribution in [0.25, 0.3) is 0 Å². The van der Waals surface area contributed by atoms with Crippen LogP contribution in [0.2, 0.25) is 0 Å². The summed E-state index contributed by atoms with van der Waals surface area (Å²) < 4.78 is 3.91. The minimum absolute atomic E-state index is 0.750. The third kappa shape index (κ3) is 3.47. The van der Waals surface area contributed by atoms with Gasteiger partial charge in [0.15, 0.2) is 0 Å². The number of piperidine rings is 1. The molecule has 0 amide bonds. The minimum atomic E-state index is 0.750. The van der Waals surface area contributed by atoms with E-state index in [-0.39, 0.29) is 0 Å². The van der Waals surface area contributed by atoms with Crippen LogP contribution in [0.15, 0.2) is 5.38 Å². The molecule has 17 heavy (non-hydrogen) atoms. The van der Waals surface area contributed by atoms with Crippen LogP contribution in [0, 0.1) is 5.92 Å². The molecule has 2 heterocycles. The van der Waals surface area contributed by atoms with E-state index in [4.69, 9.17) is 0 Å². The van der Waals surface area contributed by atoms with Gasteiger partial charge in [0, 0.05) is 31.1 Å². The topological polar surface area (TPSA) is 41.1 Å². The predicted molar refractivity (Wildman–Crippen MR) is 68.9 cm³/mol. The van der Waals surface area contributed by atoms with E-state index in [0.29, 0.717) is 0 Å². The standard InChI is InChI=1S/C12H20N4S/c1-2-10(1)7-13-11-3-5-16(6-4-11)8-12-9-17-15-14-12/h9-11,13H,1-8H2. The van der Waals surface area contributed by atoms with Gasteiger partial charge in [-0.2, -0.15) is 0 Å². The maximum atomic E-state index is 4.11. The Morgan fingerprint density at radius 1 is 1.29 bits per heavy atom. The second kappa shape index (κ2) is 5.42. The van der Waals surface area contributed by atoms with E-state index < -0.39 is 0 Å². The number of likely N-dealkylation sites (tertiary alicyclic amines) is 1. The lowest BCUT2D eigenvalue weighted by Gasteiger charge is -2.31. The molecule has 0 unspecified atom stereocenters. The van der Waals surface area contributed by atoms with Gasteiger partial charge < -0.3 is 5.32 Å². The summed E-state index contributed by atoms with van der Waals surface area (Å²) in [5.74, 6) is 0.995. The van der Waals surface area contributed by atoms with Crippen molar-refractivity contribution in [2.24, 2.45) is 5.92 Å². The fourth-order valence-corrected chi connectivity index (χ4v) is 2.87. The lowest BCUT2D eigenvalue weighted by atomic mass is 10.0. The molecule has 2 aliphatic rings. The van der Waals surface area contributed by atoms with Crippen LogP contribution in [0.1, 0.15) is 31.4 Å². The van der Waals surface area contributed by atoms with Crippen molar-refractivity contribution in [3.63, 3.8) is 0 Å². The lowest BCUT2D eigenvalue weighted by molar-refractivity contribution is 0.188. The van der Waals surface area contributed by atoms with E-state index in [0.717, 1.165) is 24.2 Å². The summed E-state index contributed by atoms with van der Waals surface area (Å²) in [7, 11) is 0. The average Bonchev–Trinajstić information content (AvgIpc) is 3.05. The molecule has 5 heteroatoms. The second-order valence-electron chi connectivity index (χ2n) is 5.30. The van der Waals surface area contributed by atoms with Gasteiger partial charge in [0.25, 0.3) is 0 Å². The molecule has 1 aromatic heterocycles. The zero-order valence-electron chi connectivity index (χ0n) is 10.1. The minimum Gasteiger partial charge on any atom is -0.314 e. The van der Waals surface area contributed by atoms with Crippen molar-refractivity contribution in [3.05, 3.63) is 11.1 Å². The number of nitrogens with one attached hydrogen (secondary N) is 1.